The minimum absolute atomic E-state index is 0.0843. The summed E-state index contributed by atoms with van der Waals surface area (Å²) in [5, 5.41) is 21.2. The second-order valence-electron chi connectivity index (χ2n) is 9.76. The van der Waals surface area contributed by atoms with Crippen molar-refractivity contribution in [1.29, 1.82) is 0 Å². The Morgan fingerprint density at radius 1 is 1.10 bits per heavy atom. The number of nitrogens with one attached hydrogen (secondary N) is 2. The van der Waals surface area contributed by atoms with Gasteiger partial charge < -0.3 is 25.3 Å². The number of amides is 3. The summed E-state index contributed by atoms with van der Waals surface area (Å²) in [6.07, 6.45) is 0.500. The largest absolute Gasteiger partial charge is 0.491 e. The molecule has 1 aliphatic heterocycles. The number of H-pyrrole nitrogens is 1. The number of benzene rings is 3. The molecule has 212 valence electrons. The Bertz CT molecular complexity index is 1530. The van der Waals surface area contributed by atoms with Crippen molar-refractivity contribution < 1.29 is 28.9 Å². The van der Waals surface area contributed by atoms with E-state index < -0.39 is 42.6 Å². The third-order valence-electron chi connectivity index (χ3n) is 7.01. The van der Waals surface area contributed by atoms with E-state index in [0.29, 0.717) is 28.4 Å². The number of hydrogen-bond donors (Lipinski definition) is 4. The van der Waals surface area contributed by atoms with Gasteiger partial charge in [0.15, 0.2) is 0 Å². The Morgan fingerprint density at radius 3 is 2.51 bits per heavy atom. The third-order valence-corrected chi connectivity index (χ3v) is 7.68. The fourth-order valence-corrected chi connectivity index (χ4v) is 5.29. The first-order valence-electron chi connectivity index (χ1n) is 13.0. The molecule has 0 bridgehead atoms. The summed E-state index contributed by atoms with van der Waals surface area (Å²) in [7, 11) is 0. The number of hydrogen-bond acceptors (Lipinski definition) is 6. The Kier molecular flexibility index (Phi) is 8.66. The normalized spacial score (nSPS) is 17.3. The smallest absolute Gasteiger partial charge is 0.325 e. The molecular weight excluding hydrogens is 642 g/mol. The number of imide groups is 1. The maximum Gasteiger partial charge on any atom is 0.325 e. The lowest BCUT2D eigenvalue weighted by molar-refractivity contribution is -0.129. The summed E-state index contributed by atoms with van der Waals surface area (Å²) in [5.74, 6) is -0.418. The van der Waals surface area contributed by atoms with Gasteiger partial charge in [-0.2, -0.15) is 0 Å². The Balaban J connectivity index is 1.46. The Hall–Kier alpha value is -3.81. The molecule has 4 N–H and O–H groups in total. The molecule has 3 amide bonds. The molecule has 3 aromatic carbocycles. The Morgan fingerprint density at radius 2 is 1.83 bits per heavy atom. The standard InChI is InChI=1S/C30H28FIN4O5/c1-17(18-5-3-2-4-6-18)27(28-33-14-25(34-28)23-12-9-20(32)13-24(23)31)36-29(39)26(35-30(36)40)19-7-10-22(11-8-19)41-16-21(38)15-37/h2-14,17,21,26-27,37-38H,15-16H2,1H3,(H,33,34)(H,35,40)/t17-,21+,26?,27-/m0/s1. The van der Waals surface area contributed by atoms with Crippen molar-refractivity contribution in [3.63, 3.8) is 0 Å². The Labute approximate surface area is 249 Å². The molecule has 11 heteroatoms. The minimum Gasteiger partial charge on any atom is -0.491 e. The van der Waals surface area contributed by atoms with Crippen molar-refractivity contribution in [2.24, 2.45) is 0 Å². The highest BCUT2D eigenvalue weighted by molar-refractivity contribution is 14.1. The molecule has 0 spiro atoms. The molecule has 0 aliphatic carbocycles. The quantitative estimate of drug-likeness (QED) is 0.143. The highest BCUT2D eigenvalue weighted by Crippen LogP contribution is 2.39. The molecule has 4 aromatic rings. The number of imidazole rings is 1. The van der Waals surface area contributed by atoms with E-state index in [2.05, 4.69) is 15.3 Å². The van der Waals surface area contributed by atoms with E-state index in [9.17, 15) is 19.1 Å². The average Bonchev–Trinajstić information content (AvgIpc) is 3.57. The van der Waals surface area contributed by atoms with Crippen molar-refractivity contribution in [3.8, 4) is 17.0 Å². The number of carbonyl (C=O) groups excluding carboxylic acids is 2. The van der Waals surface area contributed by atoms with Gasteiger partial charge in [0, 0.05) is 15.1 Å². The maximum absolute atomic E-state index is 14.8. The van der Waals surface area contributed by atoms with Crippen LogP contribution in [0, 0.1) is 9.39 Å². The second kappa shape index (κ2) is 12.4. The molecule has 1 fully saturated rings. The number of carbonyl (C=O) groups is 2. The molecule has 1 aliphatic rings. The van der Waals surface area contributed by atoms with Gasteiger partial charge in [-0.05, 0) is 64.0 Å². The van der Waals surface area contributed by atoms with Gasteiger partial charge in [-0.3, -0.25) is 9.69 Å². The predicted molar refractivity (Wildman–Crippen MR) is 157 cm³/mol. The SMILES string of the molecule is C[C@@H](c1ccccc1)[C@@H](c1ncc(-c2ccc(I)cc2F)[nH]1)N1C(=O)NC(c2ccc(OC[C@H](O)CO)cc2)C1=O. The van der Waals surface area contributed by atoms with E-state index in [1.54, 1.807) is 36.4 Å². The van der Waals surface area contributed by atoms with E-state index in [-0.39, 0.29) is 12.5 Å². The number of ether oxygens (including phenoxy) is 1. The van der Waals surface area contributed by atoms with E-state index in [1.165, 1.54) is 17.2 Å². The van der Waals surface area contributed by atoms with Crippen molar-refractivity contribution in [2.75, 3.05) is 13.2 Å². The van der Waals surface area contributed by atoms with Crippen LogP contribution in [0.4, 0.5) is 9.18 Å². The molecule has 9 nitrogen and oxygen atoms in total. The van der Waals surface area contributed by atoms with Crippen LogP contribution < -0.4 is 10.1 Å². The number of rotatable bonds is 10. The maximum atomic E-state index is 14.8. The lowest BCUT2D eigenvalue weighted by atomic mass is 9.91. The van der Waals surface area contributed by atoms with Crippen molar-refractivity contribution in [3.05, 3.63) is 105 Å². The average molecular weight is 670 g/mol. The number of aliphatic hydroxyl groups excluding tert-OH is 2. The van der Waals surface area contributed by atoms with E-state index >= 15 is 0 Å². The summed E-state index contributed by atoms with van der Waals surface area (Å²) in [6, 6.07) is 18.6. The molecule has 1 saturated heterocycles. The minimum atomic E-state index is -1.01. The summed E-state index contributed by atoms with van der Waals surface area (Å²) in [6.45, 7) is 1.41. The fraction of sp³-hybridized carbons (Fsp3) is 0.233. The molecular formula is C30H28FIN4O5. The van der Waals surface area contributed by atoms with Crippen LogP contribution in [0.5, 0.6) is 5.75 Å². The number of nitrogens with zero attached hydrogens (tertiary/aromatic N) is 2. The van der Waals surface area contributed by atoms with Crippen LogP contribution in [0.3, 0.4) is 0 Å². The summed E-state index contributed by atoms with van der Waals surface area (Å²) in [5.41, 5.74) is 2.21. The van der Waals surface area contributed by atoms with Gasteiger partial charge >= 0.3 is 6.03 Å². The first-order valence-corrected chi connectivity index (χ1v) is 14.0. The van der Waals surface area contributed by atoms with Crippen LogP contribution in [-0.2, 0) is 4.79 Å². The molecule has 2 heterocycles. The van der Waals surface area contributed by atoms with Crippen LogP contribution in [-0.4, -0.2) is 56.3 Å². The topological polar surface area (TPSA) is 128 Å². The van der Waals surface area contributed by atoms with Crippen molar-refractivity contribution in [1.82, 2.24) is 20.2 Å². The zero-order valence-corrected chi connectivity index (χ0v) is 24.2. The molecule has 1 aromatic heterocycles. The number of aromatic nitrogens is 2. The van der Waals surface area contributed by atoms with Gasteiger partial charge in [-0.1, -0.05) is 49.4 Å². The van der Waals surface area contributed by atoms with E-state index in [1.807, 2.05) is 59.8 Å². The number of urea groups is 1. The van der Waals surface area contributed by atoms with Crippen molar-refractivity contribution >= 4 is 34.5 Å². The number of aliphatic hydroxyl groups is 2. The highest BCUT2D eigenvalue weighted by Gasteiger charge is 2.46. The zero-order chi connectivity index (χ0) is 29.1. The van der Waals surface area contributed by atoms with Gasteiger partial charge in [0.1, 0.15) is 42.2 Å². The van der Waals surface area contributed by atoms with Crippen LogP contribution in [0.15, 0.2) is 79.0 Å². The van der Waals surface area contributed by atoms with E-state index in [4.69, 9.17) is 9.84 Å². The first kappa shape index (κ1) is 28.7. The summed E-state index contributed by atoms with van der Waals surface area (Å²) < 4.78 is 21.0. The monoisotopic (exact) mass is 670 g/mol. The van der Waals surface area contributed by atoms with Crippen molar-refractivity contribution in [2.45, 2.75) is 31.0 Å². The number of halogens is 2. The van der Waals surface area contributed by atoms with Crippen LogP contribution in [0.1, 0.15) is 41.9 Å². The van der Waals surface area contributed by atoms with E-state index in [0.717, 1.165) is 9.13 Å². The number of aromatic amines is 1. The predicted octanol–water partition coefficient (Wildman–Crippen LogP) is 4.69. The first-order chi connectivity index (χ1) is 19.8. The van der Waals surface area contributed by atoms with Crippen LogP contribution in [0.2, 0.25) is 0 Å². The van der Waals surface area contributed by atoms with Crippen LogP contribution in [0.25, 0.3) is 11.3 Å². The summed E-state index contributed by atoms with van der Waals surface area (Å²) >= 11 is 2.04. The fourth-order valence-electron chi connectivity index (χ4n) is 4.84. The molecule has 4 atom stereocenters. The van der Waals surface area contributed by atoms with Crippen LogP contribution >= 0.6 is 22.6 Å². The summed E-state index contributed by atoms with van der Waals surface area (Å²) in [4.78, 5) is 36.1. The van der Waals surface area contributed by atoms with Gasteiger partial charge in [0.05, 0.1) is 18.5 Å². The third kappa shape index (κ3) is 6.11. The lowest BCUT2D eigenvalue weighted by Crippen LogP contribution is -2.38. The van der Waals surface area contributed by atoms with Gasteiger partial charge in [-0.15, -0.1) is 0 Å². The van der Waals surface area contributed by atoms with Gasteiger partial charge in [0.2, 0.25) is 0 Å². The zero-order valence-electron chi connectivity index (χ0n) is 22.0. The molecule has 41 heavy (non-hydrogen) atoms. The lowest BCUT2D eigenvalue weighted by Gasteiger charge is -2.29. The highest BCUT2D eigenvalue weighted by atomic mass is 127. The molecule has 0 radical (unpaired) electrons. The van der Waals surface area contributed by atoms with Gasteiger partial charge in [0.25, 0.3) is 5.91 Å². The second-order valence-corrected chi connectivity index (χ2v) is 11.0. The van der Waals surface area contributed by atoms with Gasteiger partial charge in [-0.25, -0.2) is 14.2 Å². The molecule has 1 unspecified atom stereocenters. The molecule has 5 rings (SSSR count). The molecule has 0 saturated carbocycles.